The van der Waals surface area contributed by atoms with E-state index in [9.17, 15) is 5.11 Å². The van der Waals surface area contributed by atoms with E-state index in [-0.39, 0.29) is 11.6 Å². The summed E-state index contributed by atoms with van der Waals surface area (Å²) in [5.41, 5.74) is 1.44. The molecule has 0 spiro atoms. The highest BCUT2D eigenvalue weighted by Gasteiger charge is 2.34. The van der Waals surface area contributed by atoms with Gasteiger partial charge in [0.1, 0.15) is 17.1 Å². The van der Waals surface area contributed by atoms with E-state index in [2.05, 4.69) is 27.1 Å². The number of hydrogen-bond acceptors (Lipinski definition) is 7. The molecule has 2 N–H and O–H groups in total. The Bertz CT molecular complexity index is 1490. The van der Waals surface area contributed by atoms with Crippen LogP contribution in [0.1, 0.15) is 12.8 Å². The summed E-state index contributed by atoms with van der Waals surface area (Å²) < 4.78 is 16.5. The van der Waals surface area contributed by atoms with Crippen LogP contribution in [-0.4, -0.2) is 78.4 Å². The van der Waals surface area contributed by atoms with E-state index in [4.69, 9.17) is 9.97 Å². The van der Waals surface area contributed by atoms with Crippen molar-refractivity contribution in [2.75, 3.05) is 56.1 Å². The van der Waals surface area contributed by atoms with Crippen molar-refractivity contribution in [3.05, 3.63) is 54.3 Å². The molecule has 0 saturated carbocycles. The zero-order chi connectivity index (χ0) is 25.1. The van der Waals surface area contributed by atoms with Crippen molar-refractivity contribution in [1.82, 2.24) is 20.2 Å². The lowest BCUT2D eigenvalue weighted by atomic mass is 9.96. The highest BCUT2D eigenvalue weighted by Crippen LogP contribution is 2.39. The summed E-state index contributed by atoms with van der Waals surface area (Å²) in [5, 5.41) is 16.6. The third-order valence-electron chi connectivity index (χ3n) is 8.21. The zero-order valence-corrected chi connectivity index (χ0v) is 21.0. The predicted molar refractivity (Wildman–Crippen MR) is 146 cm³/mol. The molecule has 3 aliphatic rings. The molecule has 3 aromatic carbocycles. The van der Waals surface area contributed by atoms with Gasteiger partial charge in [-0.2, -0.15) is 4.98 Å². The monoisotopic (exact) mass is 498 g/mol. The standard InChI is InChI=1S/C29H31FN6O/c1-34-10-12-35(13-11-34)29-32-27-24(28(33-29)36-16-19-6-7-20(17-36)31-19)9-8-23(26(27)30)25-15-21(37)14-18-4-2-3-5-22(18)25/h2-5,8-9,14-15,19-20,31,37H,6-7,10-13,16-17H2,1H3. The van der Waals surface area contributed by atoms with Gasteiger partial charge in [0, 0.05) is 62.3 Å². The first-order valence-corrected chi connectivity index (χ1v) is 13.2. The Morgan fingerprint density at radius 1 is 0.865 bits per heavy atom. The Balaban J connectivity index is 1.41. The fourth-order valence-corrected chi connectivity index (χ4v) is 6.22. The van der Waals surface area contributed by atoms with E-state index in [1.165, 1.54) is 12.8 Å². The van der Waals surface area contributed by atoms with Crippen molar-refractivity contribution < 1.29 is 9.50 Å². The van der Waals surface area contributed by atoms with Crippen molar-refractivity contribution in [2.24, 2.45) is 0 Å². The molecule has 3 saturated heterocycles. The maximum Gasteiger partial charge on any atom is 0.228 e. The molecule has 0 radical (unpaired) electrons. The molecule has 2 unspecified atom stereocenters. The number of nitrogens with zero attached hydrogens (tertiary/aromatic N) is 5. The van der Waals surface area contributed by atoms with Gasteiger partial charge in [0.25, 0.3) is 0 Å². The molecule has 2 bridgehead atoms. The van der Waals surface area contributed by atoms with Gasteiger partial charge in [-0.25, -0.2) is 9.37 Å². The summed E-state index contributed by atoms with van der Waals surface area (Å²) in [7, 11) is 2.12. The smallest absolute Gasteiger partial charge is 0.228 e. The second-order valence-corrected chi connectivity index (χ2v) is 10.7. The Morgan fingerprint density at radius 2 is 1.62 bits per heavy atom. The number of piperazine rings is 2. The Hall–Kier alpha value is -3.49. The summed E-state index contributed by atoms with van der Waals surface area (Å²) in [4.78, 5) is 16.7. The number of nitrogens with one attached hydrogen (secondary N) is 1. The van der Waals surface area contributed by atoms with Crippen LogP contribution in [0.3, 0.4) is 0 Å². The van der Waals surface area contributed by atoms with Gasteiger partial charge >= 0.3 is 0 Å². The average Bonchev–Trinajstić information content (AvgIpc) is 3.25. The van der Waals surface area contributed by atoms with Gasteiger partial charge in [-0.3, -0.25) is 0 Å². The van der Waals surface area contributed by atoms with E-state index in [0.29, 0.717) is 34.7 Å². The number of likely N-dealkylation sites (N-methyl/N-ethyl adjacent to an activating group) is 1. The van der Waals surface area contributed by atoms with Gasteiger partial charge in [-0.15, -0.1) is 0 Å². The van der Waals surface area contributed by atoms with Crippen molar-refractivity contribution in [2.45, 2.75) is 24.9 Å². The number of phenolic OH excluding ortho intramolecular Hbond substituents is 1. The molecular formula is C29H31FN6O. The molecular weight excluding hydrogens is 467 g/mol. The van der Waals surface area contributed by atoms with E-state index in [1.807, 2.05) is 36.4 Å². The number of aromatic nitrogens is 2. The minimum absolute atomic E-state index is 0.117. The summed E-state index contributed by atoms with van der Waals surface area (Å²) in [6.07, 6.45) is 2.33. The molecule has 8 heteroatoms. The van der Waals surface area contributed by atoms with E-state index < -0.39 is 0 Å². The van der Waals surface area contributed by atoms with E-state index >= 15 is 4.39 Å². The third kappa shape index (κ3) is 3.95. The van der Waals surface area contributed by atoms with Gasteiger partial charge < -0.3 is 25.1 Å². The van der Waals surface area contributed by atoms with Crippen LogP contribution < -0.4 is 15.1 Å². The van der Waals surface area contributed by atoms with Crippen LogP contribution in [0, 0.1) is 5.82 Å². The van der Waals surface area contributed by atoms with Gasteiger partial charge in [0.2, 0.25) is 5.95 Å². The van der Waals surface area contributed by atoms with Crippen LogP contribution >= 0.6 is 0 Å². The topological polar surface area (TPSA) is 67.8 Å². The Morgan fingerprint density at radius 3 is 2.41 bits per heavy atom. The van der Waals surface area contributed by atoms with Crippen LogP contribution in [0.25, 0.3) is 32.8 Å². The molecule has 4 aromatic rings. The summed E-state index contributed by atoms with van der Waals surface area (Å²) in [6, 6.07) is 15.8. The highest BCUT2D eigenvalue weighted by molar-refractivity contribution is 6.01. The third-order valence-corrected chi connectivity index (χ3v) is 8.21. The Labute approximate surface area is 215 Å². The SMILES string of the molecule is CN1CCN(c2nc(N3CC4CCC(C3)N4)c3ccc(-c4cc(O)cc5ccccc45)c(F)c3n2)CC1. The van der Waals surface area contributed by atoms with Gasteiger partial charge in [0.15, 0.2) is 5.82 Å². The lowest BCUT2D eigenvalue weighted by Gasteiger charge is -2.36. The van der Waals surface area contributed by atoms with Crippen LogP contribution in [-0.2, 0) is 0 Å². The molecule has 1 aromatic heterocycles. The lowest BCUT2D eigenvalue weighted by molar-refractivity contribution is 0.311. The van der Waals surface area contributed by atoms with Gasteiger partial charge in [-0.05, 0) is 54.4 Å². The van der Waals surface area contributed by atoms with Crippen molar-refractivity contribution >= 4 is 33.4 Å². The van der Waals surface area contributed by atoms with Crippen molar-refractivity contribution in [3.8, 4) is 16.9 Å². The molecule has 37 heavy (non-hydrogen) atoms. The maximum atomic E-state index is 16.5. The number of rotatable bonds is 3. The predicted octanol–water partition coefficient (Wildman–Crippen LogP) is 3.99. The van der Waals surface area contributed by atoms with Crippen molar-refractivity contribution in [1.29, 1.82) is 0 Å². The first-order valence-electron chi connectivity index (χ1n) is 13.2. The van der Waals surface area contributed by atoms with Crippen LogP contribution in [0.2, 0.25) is 0 Å². The summed E-state index contributed by atoms with van der Waals surface area (Å²) >= 11 is 0. The number of hydrogen-bond donors (Lipinski definition) is 2. The van der Waals surface area contributed by atoms with Gasteiger partial charge in [0.05, 0.1) is 0 Å². The Kier molecular flexibility index (Phi) is 5.41. The largest absolute Gasteiger partial charge is 0.508 e. The lowest BCUT2D eigenvalue weighted by Crippen LogP contribution is -2.51. The van der Waals surface area contributed by atoms with E-state index in [0.717, 1.165) is 61.2 Å². The number of aromatic hydroxyl groups is 1. The van der Waals surface area contributed by atoms with E-state index in [1.54, 1.807) is 12.1 Å². The molecule has 0 amide bonds. The molecule has 0 aliphatic carbocycles. The quantitative estimate of drug-likeness (QED) is 0.443. The van der Waals surface area contributed by atoms with Crippen molar-refractivity contribution in [3.63, 3.8) is 0 Å². The number of halogens is 1. The minimum atomic E-state index is -0.370. The molecule has 4 heterocycles. The molecule has 190 valence electrons. The zero-order valence-electron chi connectivity index (χ0n) is 21.0. The molecule has 2 atom stereocenters. The normalized spacial score (nSPS) is 22.3. The number of phenols is 1. The summed E-state index contributed by atoms with van der Waals surface area (Å²) in [5.74, 6) is 1.17. The first-order chi connectivity index (χ1) is 18.0. The average molecular weight is 499 g/mol. The fraction of sp³-hybridized carbons (Fsp3) is 0.379. The number of benzene rings is 3. The first kappa shape index (κ1) is 22.7. The second kappa shape index (κ2) is 8.82. The molecule has 3 fully saturated rings. The minimum Gasteiger partial charge on any atom is -0.508 e. The van der Waals surface area contributed by atoms with Gasteiger partial charge in [-0.1, -0.05) is 30.3 Å². The maximum absolute atomic E-state index is 16.5. The molecule has 7 rings (SSSR count). The second-order valence-electron chi connectivity index (χ2n) is 10.7. The summed E-state index contributed by atoms with van der Waals surface area (Å²) in [6.45, 7) is 5.20. The van der Waals surface area contributed by atoms with Crippen LogP contribution in [0.4, 0.5) is 16.2 Å². The van der Waals surface area contributed by atoms with Crippen LogP contribution in [0.15, 0.2) is 48.5 Å². The number of anilines is 2. The molecule has 3 aliphatic heterocycles. The molecule has 7 nitrogen and oxygen atoms in total. The number of fused-ring (bicyclic) bond motifs is 4. The fourth-order valence-electron chi connectivity index (χ4n) is 6.22. The highest BCUT2D eigenvalue weighted by atomic mass is 19.1. The van der Waals surface area contributed by atoms with Crippen LogP contribution in [0.5, 0.6) is 5.75 Å².